The Labute approximate surface area is 126 Å². The number of methoxy groups -OCH3 is 1. The number of aliphatic hydroxyl groups excluding tert-OH is 1. The van der Waals surface area contributed by atoms with E-state index in [9.17, 15) is 5.11 Å². The van der Waals surface area contributed by atoms with Crippen LogP contribution in [0.15, 0.2) is 36.5 Å². The summed E-state index contributed by atoms with van der Waals surface area (Å²) in [6.07, 6.45) is 7.23. The average Bonchev–Trinajstić information content (AvgIpc) is 2.56. The van der Waals surface area contributed by atoms with Crippen molar-refractivity contribution in [3.05, 3.63) is 42.1 Å². The molecule has 3 nitrogen and oxygen atoms in total. The monoisotopic (exact) mass is 285 g/mol. The number of nitrogens with zero attached hydrogens (tertiary/aromatic N) is 1. The van der Waals surface area contributed by atoms with Gasteiger partial charge in [-0.25, -0.2) is 0 Å². The predicted octanol–water partition coefficient (Wildman–Crippen LogP) is 3.86. The molecular weight excluding hydrogens is 262 g/mol. The molecule has 1 aromatic carbocycles. The fourth-order valence-electron chi connectivity index (χ4n) is 3.51. The minimum Gasteiger partial charge on any atom is -0.386 e. The van der Waals surface area contributed by atoms with Crippen molar-refractivity contribution in [2.24, 2.45) is 5.92 Å². The number of aliphatic hydroxyl groups is 1. The zero-order valence-corrected chi connectivity index (χ0v) is 12.5. The third kappa shape index (κ3) is 3.09. The summed E-state index contributed by atoms with van der Waals surface area (Å²) >= 11 is 0. The lowest BCUT2D eigenvalue weighted by Gasteiger charge is -2.32. The normalized spacial score (nSPS) is 19.5. The molecule has 1 aliphatic carbocycles. The highest BCUT2D eigenvalue weighted by Gasteiger charge is 2.30. The summed E-state index contributed by atoms with van der Waals surface area (Å²) in [6, 6.07) is 9.92. The van der Waals surface area contributed by atoms with E-state index in [0.29, 0.717) is 5.92 Å². The van der Waals surface area contributed by atoms with Gasteiger partial charge in [-0.15, -0.1) is 0 Å². The van der Waals surface area contributed by atoms with Crippen molar-refractivity contribution in [2.45, 2.75) is 44.3 Å². The van der Waals surface area contributed by atoms with Crippen LogP contribution in [0.2, 0.25) is 0 Å². The van der Waals surface area contributed by atoms with Crippen LogP contribution < -0.4 is 0 Å². The highest BCUT2D eigenvalue weighted by atomic mass is 16.5. The maximum atomic E-state index is 10.7. The van der Waals surface area contributed by atoms with Gasteiger partial charge in [0.25, 0.3) is 0 Å². The minimum absolute atomic E-state index is 0.112. The number of hydrogen-bond acceptors (Lipinski definition) is 3. The first-order valence-corrected chi connectivity index (χ1v) is 7.85. The van der Waals surface area contributed by atoms with Crippen molar-refractivity contribution in [3.63, 3.8) is 0 Å². The number of pyridine rings is 1. The maximum Gasteiger partial charge on any atom is 0.105 e. The molecule has 1 aliphatic rings. The molecule has 0 spiro atoms. The SMILES string of the molecule is COC(C1CCCCC1)C(O)c1ccc2ncccc2c1. The number of aromatic nitrogens is 1. The highest BCUT2D eigenvalue weighted by molar-refractivity contribution is 5.79. The van der Waals surface area contributed by atoms with Crippen LogP contribution in [0.3, 0.4) is 0 Å². The van der Waals surface area contributed by atoms with E-state index in [1.807, 2.05) is 30.3 Å². The van der Waals surface area contributed by atoms with Crippen LogP contribution in [0.5, 0.6) is 0 Å². The lowest BCUT2D eigenvalue weighted by molar-refractivity contribution is -0.0558. The van der Waals surface area contributed by atoms with E-state index in [2.05, 4.69) is 4.98 Å². The van der Waals surface area contributed by atoms with E-state index in [1.54, 1.807) is 13.3 Å². The Morgan fingerprint density at radius 1 is 1.19 bits per heavy atom. The third-order valence-electron chi connectivity index (χ3n) is 4.67. The lowest BCUT2D eigenvalue weighted by Crippen LogP contribution is -2.31. The van der Waals surface area contributed by atoms with Gasteiger partial charge in [0.15, 0.2) is 0 Å². The topological polar surface area (TPSA) is 42.4 Å². The quantitative estimate of drug-likeness (QED) is 0.927. The molecule has 3 heteroatoms. The Bertz CT molecular complexity index is 593. The van der Waals surface area contributed by atoms with Gasteiger partial charge in [0.05, 0.1) is 11.6 Å². The summed E-state index contributed by atoms with van der Waals surface area (Å²) in [5, 5.41) is 11.8. The van der Waals surface area contributed by atoms with Gasteiger partial charge < -0.3 is 9.84 Å². The van der Waals surface area contributed by atoms with Gasteiger partial charge in [-0.1, -0.05) is 31.4 Å². The molecule has 0 amide bonds. The fourth-order valence-corrected chi connectivity index (χ4v) is 3.51. The van der Waals surface area contributed by atoms with Crippen molar-refractivity contribution in [2.75, 3.05) is 7.11 Å². The standard InChI is InChI=1S/C18H23NO2/c1-21-18(13-6-3-2-4-7-13)17(20)15-9-10-16-14(12-15)8-5-11-19-16/h5,8-13,17-18,20H,2-4,6-7H2,1H3. The lowest BCUT2D eigenvalue weighted by atomic mass is 9.82. The molecule has 0 radical (unpaired) electrons. The van der Waals surface area contributed by atoms with Gasteiger partial charge in [-0.3, -0.25) is 4.98 Å². The highest BCUT2D eigenvalue weighted by Crippen LogP contribution is 2.34. The smallest absolute Gasteiger partial charge is 0.105 e. The number of fused-ring (bicyclic) bond motifs is 1. The maximum absolute atomic E-state index is 10.7. The second kappa shape index (κ2) is 6.54. The van der Waals surface area contributed by atoms with Crippen molar-refractivity contribution in [1.82, 2.24) is 4.98 Å². The zero-order chi connectivity index (χ0) is 14.7. The van der Waals surface area contributed by atoms with Crippen molar-refractivity contribution in [1.29, 1.82) is 0 Å². The van der Waals surface area contributed by atoms with E-state index in [0.717, 1.165) is 29.3 Å². The summed E-state index contributed by atoms with van der Waals surface area (Å²) in [7, 11) is 1.71. The minimum atomic E-state index is -0.567. The van der Waals surface area contributed by atoms with E-state index in [1.165, 1.54) is 19.3 Å². The van der Waals surface area contributed by atoms with Crippen LogP contribution in [0, 0.1) is 5.92 Å². The van der Waals surface area contributed by atoms with E-state index >= 15 is 0 Å². The summed E-state index contributed by atoms with van der Waals surface area (Å²) in [4.78, 5) is 4.32. The van der Waals surface area contributed by atoms with Crippen LogP contribution in [0.25, 0.3) is 10.9 Å². The first kappa shape index (κ1) is 14.5. The van der Waals surface area contributed by atoms with Crippen molar-refractivity contribution in [3.8, 4) is 0 Å². The molecule has 2 aromatic rings. The summed E-state index contributed by atoms with van der Waals surface area (Å²) < 4.78 is 5.65. The van der Waals surface area contributed by atoms with Crippen LogP contribution in [0.4, 0.5) is 0 Å². The molecule has 2 unspecified atom stereocenters. The van der Waals surface area contributed by atoms with Crippen LogP contribution in [-0.2, 0) is 4.74 Å². The van der Waals surface area contributed by atoms with E-state index < -0.39 is 6.10 Å². The van der Waals surface area contributed by atoms with Gasteiger partial charge in [-0.05, 0) is 42.5 Å². The molecule has 1 saturated carbocycles. The summed E-state index contributed by atoms with van der Waals surface area (Å²) in [5.74, 6) is 0.461. The summed E-state index contributed by atoms with van der Waals surface area (Å²) in [6.45, 7) is 0. The molecule has 0 aliphatic heterocycles. The van der Waals surface area contributed by atoms with Crippen LogP contribution >= 0.6 is 0 Å². The molecule has 2 atom stereocenters. The first-order chi connectivity index (χ1) is 10.3. The van der Waals surface area contributed by atoms with Gasteiger partial charge in [0.1, 0.15) is 6.10 Å². The van der Waals surface area contributed by atoms with Crippen molar-refractivity contribution >= 4 is 10.9 Å². The second-order valence-electron chi connectivity index (χ2n) is 6.00. The average molecular weight is 285 g/mol. The van der Waals surface area contributed by atoms with Gasteiger partial charge in [0, 0.05) is 18.7 Å². The Morgan fingerprint density at radius 3 is 2.76 bits per heavy atom. The number of benzene rings is 1. The van der Waals surface area contributed by atoms with E-state index in [4.69, 9.17) is 4.74 Å². The predicted molar refractivity (Wildman–Crippen MR) is 84.1 cm³/mol. The van der Waals surface area contributed by atoms with Crippen molar-refractivity contribution < 1.29 is 9.84 Å². The Kier molecular flexibility index (Phi) is 4.51. The second-order valence-corrected chi connectivity index (χ2v) is 6.00. The number of rotatable bonds is 4. The van der Waals surface area contributed by atoms with E-state index in [-0.39, 0.29) is 6.10 Å². The van der Waals surface area contributed by atoms with Gasteiger partial charge in [0.2, 0.25) is 0 Å². The molecule has 1 aromatic heterocycles. The Hall–Kier alpha value is -1.45. The van der Waals surface area contributed by atoms with Crippen LogP contribution in [-0.4, -0.2) is 23.3 Å². The molecule has 3 rings (SSSR count). The summed E-state index contributed by atoms with van der Waals surface area (Å²) in [5.41, 5.74) is 1.88. The molecule has 0 saturated heterocycles. The van der Waals surface area contributed by atoms with Crippen LogP contribution in [0.1, 0.15) is 43.8 Å². The first-order valence-electron chi connectivity index (χ1n) is 7.85. The molecule has 1 fully saturated rings. The molecule has 0 bridgehead atoms. The Balaban J connectivity index is 1.84. The fraction of sp³-hybridized carbons (Fsp3) is 0.500. The number of hydrogen-bond donors (Lipinski definition) is 1. The molecule has 21 heavy (non-hydrogen) atoms. The zero-order valence-electron chi connectivity index (χ0n) is 12.5. The third-order valence-corrected chi connectivity index (χ3v) is 4.67. The van der Waals surface area contributed by atoms with Gasteiger partial charge >= 0.3 is 0 Å². The Morgan fingerprint density at radius 2 is 2.00 bits per heavy atom. The molecule has 1 heterocycles. The molecular formula is C18H23NO2. The largest absolute Gasteiger partial charge is 0.386 e. The van der Waals surface area contributed by atoms with Gasteiger partial charge in [-0.2, -0.15) is 0 Å². The molecule has 1 N–H and O–H groups in total. The molecule has 112 valence electrons. The number of ether oxygens (including phenoxy) is 1.